The van der Waals surface area contributed by atoms with E-state index in [1.807, 2.05) is 0 Å². The number of aliphatic carboxylic acids is 1. The third-order valence-corrected chi connectivity index (χ3v) is 4.73. The van der Waals surface area contributed by atoms with Crippen molar-refractivity contribution in [3.8, 4) is 5.75 Å². The molecule has 3 rings (SSSR count). The number of carboxylic acid groups (broad SMARTS) is 1. The summed E-state index contributed by atoms with van der Waals surface area (Å²) in [6.45, 7) is 0.0973. The van der Waals surface area contributed by atoms with E-state index in [2.05, 4.69) is 5.32 Å². The van der Waals surface area contributed by atoms with Gasteiger partial charge in [0.1, 0.15) is 23.9 Å². The molecule has 144 valence electrons. The van der Waals surface area contributed by atoms with Crippen molar-refractivity contribution in [1.29, 1.82) is 0 Å². The minimum absolute atomic E-state index is 0.0973. The third kappa shape index (κ3) is 5.09. The maximum Gasteiger partial charge on any atom is 0.308 e. The molecule has 0 spiro atoms. The molecule has 1 amide bonds. The van der Waals surface area contributed by atoms with Crippen molar-refractivity contribution in [3.05, 3.63) is 53.7 Å². The molecule has 2 atom stereocenters. The smallest absolute Gasteiger partial charge is 0.308 e. The molecule has 0 aliphatic heterocycles. The predicted molar refractivity (Wildman–Crippen MR) is 94.9 cm³/mol. The molecule has 2 aromatic rings. The normalized spacial score (nSPS) is 19.9. The minimum Gasteiger partial charge on any atom is -0.486 e. The molecule has 1 fully saturated rings. The maximum absolute atomic E-state index is 12.9. The molecule has 1 aliphatic rings. The summed E-state index contributed by atoms with van der Waals surface area (Å²) in [6.07, 6.45) is 3.93. The number of rotatable bonds is 6. The zero-order valence-corrected chi connectivity index (χ0v) is 14.8. The Morgan fingerprint density at radius 2 is 1.85 bits per heavy atom. The molecule has 0 saturated heterocycles. The van der Waals surface area contributed by atoms with Gasteiger partial charge < -0.3 is 19.6 Å². The number of furan rings is 1. The van der Waals surface area contributed by atoms with Crippen LogP contribution in [-0.4, -0.2) is 23.0 Å². The summed E-state index contributed by atoms with van der Waals surface area (Å²) in [4.78, 5) is 23.9. The van der Waals surface area contributed by atoms with Crippen LogP contribution in [0.25, 0.3) is 0 Å². The molecule has 0 unspecified atom stereocenters. The Morgan fingerprint density at radius 3 is 2.59 bits per heavy atom. The Balaban J connectivity index is 1.58. The van der Waals surface area contributed by atoms with E-state index in [-0.39, 0.29) is 18.2 Å². The molecule has 6 nitrogen and oxygen atoms in total. The number of carboxylic acids is 1. The molecule has 1 aliphatic carbocycles. The van der Waals surface area contributed by atoms with Crippen LogP contribution in [0.4, 0.5) is 4.39 Å². The monoisotopic (exact) mass is 375 g/mol. The molecule has 0 bridgehead atoms. The van der Waals surface area contributed by atoms with Crippen LogP contribution in [0.3, 0.4) is 0 Å². The number of ether oxygens (including phenoxy) is 1. The summed E-state index contributed by atoms with van der Waals surface area (Å²) < 4.78 is 23.9. The van der Waals surface area contributed by atoms with Crippen molar-refractivity contribution in [1.82, 2.24) is 5.32 Å². The van der Waals surface area contributed by atoms with Crippen molar-refractivity contribution in [2.75, 3.05) is 0 Å². The maximum atomic E-state index is 12.9. The first-order chi connectivity index (χ1) is 13.0. The molecule has 0 radical (unpaired) electrons. The van der Waals surface area contributed by atoms with Crippen molar-refractivity contribution in [2.24, 2.45) is 5.92 Å². The van der Waals surface area contributed by atoms with E-state index in [0.29, 0.717) is 24.4 Å². The fourth-order valence-corrected chi connectivity index (χ4v) is 3.28. The van der Waals surface area contributed by atoms with Crippen LogP contribution in [0.15, 0.2) is 40.8 Å². The summed E-state index contributed by atoms with van der Waals surface area (Å²) in [6, 6.07) is 8.35. The molecule has 27 heavy (non-hydrogen) atoms. The average molecular weight is 375 g/mol. The number of amides is 1. The molecular formula is C20H22FNO5. The van der Waals surface area contributed by atoms with Crippen LogP contribution >= 0.6 is 0 Å². The zero-order valence-electron chi connectivity index (χ0n) is 14.8. The van der Waals surface area contributed by atoms with Crippen molar-refractivity contribution < 1.29 is 28.2 Å². The number of nitrogens with one attached hydrogen (secondary N) is 1. The highest BCUT2D eigenvalue weighted by atomic mass is 19.1. The van der Waals surface area contributed by atoms with Crippen LogP contribution < -0.4 is 10.1 Å². The van der Waals surface area contributed by atoms with E-state index in [1.165, 1.54) is 30.3 Å². The lowest BCUT2D eigenvalue weighted by molar-refractivity contribution is -0.142. The summed E-state index contributed by atoms with van der Waals surface area (Å²) >= 11 is 0. The van der Waals surface area contributed by atoms with E-state index < -0.39 is 23.8 Å². The van der Waals surface area contributed by atoms with Gasteiger partial charge in [0, 0.05) is 6.04 Å². The largest absolute Gasteiger partial charge is 0.486 e. The van der Waals surface area contributed by atoms with Gasteiger partial charge in [0.2, 0.25) is 0 Å². The first-order valence-electron chi connectivity index (χ1n) is 9.03. The van der Waals surface area contributed by atoms with Crippen LogP contribution in [0.1, 0.15) is 48.4 Å². The molecular weight excluding hydrogens is 353 g/mol. The lowest BCUT2D eigenvalue weighted by Gasteiger charge is -2.22. The van der Waals surface area contributed by atoms with Crippen LogP contribution in [0.2, 0.25) is 0 Å². The topological polar surface area (TPSA) is 88.8 Å². The summed E-state index contributed by atoms with van der Waals surface area (Å²) in [5.74, 6) is -1.19. The van der Waals surface area contributed by atoms with Gasteiger partial charge in [0.25, 0.3) is 5.91 Å². The van der Waals surface area contributed by atoms with E-state index in [9.17, 15) is 19.1 Å². The van der Waals surface area contributed by atoms with Gasteiger partial charge in [-0.15, -0.1) is 0 Å². The fourth-order valence-electron chi connectivity index (χ4n) is 3.28. The second-order valence-electron chi connectivity index (χ2n) is 6.67. The molecule has 1 heterocycles. The van der Waals surface area contributed by atoms with Gasteiger partial charge >= 0.3 is 5.97 Å². The lowest BCUT2D eigenvalue weighted by atomic mass is 9.95. The number of hydrogen-bond acceptors (Lipinski definition) is 4. The number of carbonyl (C=O) groups excluding carboxylic acids is 1. The SMILES string of the molecule is O=C(N[C@H]1CCCCC[C@H]1C(=O)O)c1ccc(COc2ccc(F)cc2)o1. The first-order valence-corrected chi connectivity index (χ1v) is 9.03. The Hall–Kier alpha value is -2.83. The van der Waals surface area contributed by atoms with Crippen molar-refractivity contribution in [3.63, 3.8) is 0 Å². The van der Waals surface area contributed by atoms with Gasteiger partial charge in [-0.3, -0.25) is 9.59 Å². The second-order valence-corrected chi connectivity index (χ2v) is 6.67. The van der Waals surface area contributed by atoms with E-state index >= 15 is 0 Å². The summed E-state index contributed by atoms with van der Waals surface area (Å²) in [5, 5.41) is 12.2. The van der Waals surface area contributed by atoms with E-state index in [0.717, 1.165) is 19.3 Å². The Kier molecular flexibility index (Phi) is 6.11. The number of carbonyl (C=O) groups is 2. The van der Waals surface area contributed by atoms with E-state index in [1.54, 1.807) is 6.07 Å². The quantitative estimate of drug-likeness (QED) is 0.751. The highest BCUT2D eigenvalue weighted by molar-refractivity contribution is 5.92. The van der Waals surface area contributed by atoms with Crippen molar-refractivity contribution >= 4 is 11.9 Å². The Labute approximate surface area is 156 Å². The van der Waals surface area contributed by atoms with Gasteiger partial charge in [-0.25, -0.2) is 4.39 Å². The van der Waals surface area contributed by atoms with Gasteiger partial charge in [0.15, 0.2) is 5.76 Å². The van der Waals surface area contributed by atoms with Gasteiger partial charge in [-0.1, -0.05) is 19.3 Å². The van der Waals surface area contributed by atoms with Crippen molar-refractivity contribution in [2.45, 2.75) is 44.8 Å². The molecule has 1 aromatic carbocycles. The highest BCUT2D eigenvalue weighted by Gasteiger charge is 2.31. The Morgan fingerprint density at radius 1 is 1.11 bits per heavy atom. The number of halogens is 1. The summed E-state index contributed by atoms with van der Waals surface area (Å²) in [5.41, 5.74) is 0. The standard InChI is InChI=1S/C20H22FNO5/c21-13-6-8-14(9-7-13)26-12-15-10-11-18(27-15)19(23)22-17-5-3-1-2-4-16(17)20(24)25/h6-11,16-17H,1-5,12H2,(H,22,23)(H,24,25)/t16-,17+/m1/s1. The zero-order chi connectivity index (χ0) is 19.2. The van der Waals surface area contributed by atoms with Gasteiger partial charge in [-0.05, 0) is 49.2 Å². The van der Waals surface area contributed by atoms with Crippen LogP contribution in [0.5, 0.6) is 5.75 Å². The molecule has 1 aromatic heterocycles. The number of benzene rings is 1. The highest BCUT2D eigenvalue weighted by Crippen LogP contribution is 2.24. The predicted octanol–water partition coefficient (Wildman–Crippen LogP) is 3.76. The van der Waals surface area contributed by atoms with Gasteiger partial charge in [-0.2, -0.15) is 0 Å². The average Bonchev–Trinajstić information content (AvgIpc) is 3.00. The molecule has 7 heteroatoms. The Bertz CT molecular complexity index is 786. The lowest BCUT2D eigenvalue weighted by Crippen LogP contribution is -2.42. The summed E-state index contributed by atoms with van der Waals surface area (Å²) in [7, 11) is 0. The van der Waals surface area contributed by atoms with Crippen LogP contribution in [-0.2, 0) is 11.4 Å². The fraction of sp³-hybridized carbons (Fsp3) is 0.400. The van der Waals surface area contributed by atoms with E-state index in [4.69, 9.17) is 9.15 Å². The third-order valence-electron chi connectivity index (χ3n) is 4.73. The molecule has 1 saturated carbocycles. The first kappa shape index (κ1) is 18.9. The van der Waals surface area contributed by atoms with Gasteiger partial charge in [0.05, 0.1) is 5.92 Å². The second kappa shape index (κ2) is 8.70. The molecule has 2 N–H and O–H groups in total. The van der Waals surface area contributed by atoms with Crippen LogP contribution in [0, 0.1) is 11.7 Å². The number of hydrogen-bond donors (Lipinski definition) is 2. The minimum atomic E-state index is -0.880.